The number of pyridine rings is 1. The molecule has 3 N–H and O–H groups in total. The van der Waals surface area contributed by atoms with Gasteiger partial charge in [-0.25, -0.2) is 14.8 Å². The minimum atomic E-state index is -1.69. The second-order valence-electron chi connectivity index (χ2n) is 12.6. The van der Waals surface area contributed by atoms with Gasteiger partial charge < -0.3 is 19.7 Å². The fourth-order valence-electron chi connectivity index (χ4n) is 6.35. The molecule has 0 bridgehead atoms. The van der Waals surface area contributed by atoms with Gasteiger partial charge in [0.2, 0.25) is 6.29 Å². The lowest BCUT2D eigenvalue weighted by Gasteiger charge is -2.25. The molecule has 0 saturated carbocycles. The Labute approximate surface area is 325 Å². The molecule has 0 radical (unpaired) electrons. The lowest BCUT2D eigenvalue weighted by atomic mass is 9.96. The molecule has 7 rings (SSSR count). The van der Waals surface area contributed by atoms with Gasteiger partial charge in [0.05, 0.1) is 17.7 Å². The van der Waals surface area contributed by atoms with Crippen molar-refractivity contribution >= 4 is 41.3 Å². The summed E-state index contributed by atoms with van der Waals surface area (Å²) in [5.41, 5.74) is 5.28. The Balaban J connectivity index is 1.49. The smallest absolute Gasteiger partial charge is 0.342 e. The zero-order valence-corrected chi connectivity index (χ0v) is 30.9. The van der Waals surface area contributed by atoms with Gasteiger partial charge >= 0.3 is 5.97 Å². The first-order chi connectivity index (χ1) is 27.1. The number of nitriles is 1. The predicted molar refractivity (Wildman–Crippen MR) is 212 cm³/mol. The van der Waals surface area contributed by atoms with Crippen LogP contribution in [0.1, 0.15) is 39.5 Å². The number of carbonyl (C=O) groups is 1. The molecule has 3 heterocycles. The number of esters is 1. The third kappa shape index (κ3) is 7.09. The molecule has 0 fully saturated rings. The van der Waals surface area contributed by atoms with E-state index in [0.717, 1.165) is 22.0 Å². The number of halogens is 1. The Morgan fingerprint density at radius 2 is 1.66 bits per heavy atom. The van der Waals surface area contributed by atoms with Crippen LogP contribution in [0.2, 0.25) is 5.02 Å². The van der Waals surface area contributed by atoms with Crippen LogP contribution in [0.15, 0.2) is 112 Å². The van der Waals surface area contributed by atoms with E-state index in [4.69, 9.17) is 26.1 Å². The van der Waals surface area contributed by atoms with Gasteiger partial charge in [-0.2, -0.15) is 9.94 Å². The fourth-order valence-corrected chi connectivity index (χ4v) is 6.47. The average Bonchev–Trinajstić information content (AvgIpc) is 3.20. The van der Waals surface area contributed by atoms with Gasteiger partial charge in [-0.1, -0.05) is 90.5 Å². The summed E-state index contributed by atoms with van der Waals surface area (Å²) in [6.45, 7) is 5.15. The molecule has 1 atom stereocenters. The molecular formula is C42H32ClN7O6. The molecule has 13 nitrogen and oxygen atoms in total. The van der Waals surface area contributed by atoms with E-state index >= 15 is 0 Å². The lowest BCUT2D eigenvalue weighted by Crippen LogP contribution is -2.32. The number of anilines is 1. The van der Waals surface area contributed by atoms with Crippen LogP contribution in [0.3, 0.4) is 0 Å². The molecular weight excluding hydrogens is 734 g/mol. The number of aliphatic imine (C=N–C) groups is 1. The monoisotopic (exact) mass is 765 g/mol. The predicted octanol–water partition coefficient (Wildman–Crippen LogP) is 7.61. The van der Waals surface area contributed by atoms with Gasteiger partial charge in [0.1, 0.15) is 40.1 Å². The van der Waals surface area contributed by atoms with E-state index in [0.29, 0.717) is 33.1 Å². The molecule has 14 heteroatoms. The van der Waals surface area contributed by atoms with E-state index in [2.05, 4.69) is 20.6 Å². The minimum Gasteiger partial charge on any atom is -0.507 e. The maximum Gasteiger partial charge on any atom is 0.342 e. The standard InChI is InChI=1S/C42H32ClN7O6/c1-4-55-41(54)33-32(25-15-17-28(43)18-16-25)30(21-44)39(52)50(38(33)45-22-31-36(51)29-20-23(2)19-24(3)37(29)56-40(31)53)49-42-46-34(26-11-7-5-8-12-26)35(47-48-42)27-13-9-6-10-14-27/h5-20,22,40,51,53H,4H2,1-3H3,(H,46,48,49)/b45-22+. The zero-order valence-electron chi connectivity index (χ0n) is 30.2. The van der Waals surface area contributed by atoms with Gasteiger partial charge in [0.25, 0.3) is 11.5 Å². The van der Waals surface area contributed by atoms with E-state index in [-0.39, 0.29) is 52.1 Å². The Bertz CT molecular complexity index is 2660. The summed E-state index contributed by atoms with van der Waals surface area (Å²) in [5, 5.41) is 42.1. The number of aliphatic hydroxyl groups is 2. The lowest BCUT2D eigenvalue weighted by molar-refractivity contribution is 0.0149. The highest BCUT2D eigenvalue weighted by molar-refractivity contribution is 6.30. The molecule has 56 heavy (non-hydrogen) atoms. The van der Waals surface area contributed by atoms with E-state index in [9.17, 15) is 25.1 Å². The first kappa shape index (κ1) is 37.2. The number of aromatic nitrogens is 4. The number of aliphatic hydroxyl groups excluding tert-OH is 2. The summed E-state index contributed by atoms with van der Waals surface area (Å²) in [6.07, 6.45) is -0.617. The van der Waals surface area contributed by atoms with Gasteiger partial charge in [-0.3, -0.25) is 10.2 Å². The summed E-state index contributed by atoms with van der Waals surface area (Å²) in [4.78, 5) is 37.8. The van der Waals surface area contributed by atoms with Crippen molar-refractivity contribution in [2.75, 3.05) is 12.0 Å². The summed E-state index contributed by atoms with van der Waals surface area (Å²) in [6, 6.07) is 30.2. The third-order valence-corrected chi connectivity index (χ3v) is 9.09. The van der Waals surface area contributed by atoms with Crippen LogP contribution in [0.25, 0.3) is 39.4 Å². The van der Waals surface area contributed by atoms with Crippen molar-refractivity contribution in [1.29, 1.82) is 5.26 Å². The van der Waals surface area contributed by atoms with E-state index in [1.807, 2.05) is 79.7 Å². The number of benzene rings is 4. The van der Waals surface area contributed by atoms with Crippen molar-refractivity contribution in [1.82, 2.24) is 19.9 Å². The number of hydrogen-bond donors (Lipinski definition) is 3. The summed E-state index contributed by atoms with van der Waals surface area (Å²) < 4.78 is 12.1. The Morgan fingerprint density at radius 1 is 1.00 bits per heavy atom. The van der Waals surface area contributed by atoms with Crippen LogP contribution in [-0.4, -0.2) is 55.2 Å². The molecule has 0 spiro atoms. The number of carbonyl (C=O) groups excluding carboxylic acids is 1. The van der Waals surface area contributed by atoms with Gasteiger partial charge in [-0.05, 0) is 55.7 Å². The normalized spacial score (nSPS) is 13.5. The molecule has 0 amide bonds. The maximum absolute atomic E-state index is 14.5. The largest absolute Gasteiger partial charge is 0.507 e. The van der Waals surface area contributed by atoms with Crippen molar-refractivity contribution in [2.24, 2.45) is 4.99 Å². The van der Waals surface area contributed by atoms with Crippen LogP contribution in [0, 0.1) is 25.2 Å². The SMILES string of the molecule is CCOC(=O)c1c(-c2ccc(Cl)cc2)c(C#N)c(=O)n(Nc2nnc(-c3ccccc3)c(-c3ccccc3)n2)c1/N=C/C1=C(O)c2cc(C)cc(C)c2OC1O. The number of aryl methyl sites for hydroxylation is 2. The molecule has 0 saturated heterocycles. The Morgan fingerprint density at radius 3 is 2.30 bits per heavy atom. The zero-order chi connectivity index (χ0) is 39.5. The molecule has 278 valence electrons. The molecule has 4 aromatic carbocycles. The number of ether oxygens (including phenoxy) is 2. The summed E-state index contributed by atoms with van der Waals surface area (Å²) in [5.74, 6) is -1.56. The summed E-state index contributed by atoms with van der Waals surface area (Å²) >= 11 is 6.19. The van der Waals surface area contributed by atoms with Crippen LogP contribution >= 0.6 is 11.6 Å². The molecule has 0 aliphatic carbocycles. The number of nitrogens with one attached hydrogen (secondary N) is 1. The van der Waals surface area contributed by atoms with Crippen LogP contribution in [-0.2, 0) is 4.74 Å². The average molecular weight is 766 g/mol. The second-order valence-corrected chi connectivity index (χ2v) is 13.0. The molecule has 1 aliphatic heterocycles. The molecule has 6 aromatic rings. The topological polar surface area (TPSA) is 185 Å². The van der Waals surface area contributed by atoms with Crippen molar-refractivity contribution in [3.05, 3.63) is 146 Å². The van der Waals surface area contributed by atoms with E-state index < -0.39 is 23.4 Å². The van der Waals surface area contributed by atoms with Gasteiger partial charge in [-0.15, -0.1) is 10.2 Å². The summed E-state index contributed by atoms with van der Waals surface area (Å²) in [7, 11) is 0. The Hall–Kier alpha value is -7.14. The number of rotatable bonds is 9. The van der Waals surface area contributed by atoms with Gasteiger partial charge in [0.15, 0.2) is 5.82 Å². The quantitative estimate of drug-likeness (QED) is 0.0972. The highest BCUT2D eigenvalue weighted by Gasteiger charge is 2.31. The van der Waals surface area contributed by atoms with E-state index in [1.165, 1.54) is 0 Å². The number of fused-ring (bicyclic) bond motifs is 1. The van der Waals surface area contributed by atoms with Gasteiger partial charge in [0, 0.05) is 27.9 Å². The molecule has 2 aromatic heterocycles. The van der Waals surface area contributed by atoms with Crippen molar-refractivity contribution in [3.8, 4) is 45.5 Å². The minimum absolute atomic E-state index is 0.0706. The first-order valence-corrected chi connectivity index (χ1v) is 17.7. The number of nitrogens with zero attached hydrogens (tertiary/aromatic N) is 6. The van der Waals surface area contributed by atoms with Crippen molar-refractivity contribution in [2.45, 2.75) is 27.1 Å². The number of hydrogen-bond acceptors (Lipinski definition) is 12. The highest BCUT2D eigenvalue weighted by Crippen LogP contribution is 2.38. The van der Waals surface area contributed by atoms with Crippen molar-refractivity contribution in [3.63, 3.8) is 0 Å². The molecule has 1 unspecified atom stereocenters. The van der Waals surface area contributed by atoms with Crippen molar-refractivity contribution < 1.29 is 24.5 Å². The fraction of sp³-hybridized carbons (Fsp3) is 0.119. The third-order valence-electron chi connectivity index (χ3n) is 8.84. The van der Waals surface area contributed by atoms with Crippen LogP contribution in [0.5, 0.6) is 5.75 Å². The second kappa shape index (κ2) is 15.7. The maximum atomic E-state index is 14.5. The van der Waals surface area contributed by atoms with Crippen LogP contribution in [0.4, 0.5) is 11.8 Å². The highest BCUT2D eigenvalue weighted by atomic mass is 35.5. The van der Waals surface area contributed by atoms with E-state index in [1.54, 1.807) is 44.2 Å². The van der Waals surface area contributed by atoms with Crippen LogP contribution < -0.4 is 15.7 Å². The molecule has 1 aliphatic rings. The first-order valence-electron chi connectivity index (χ1n) is 17.3. The Kier molecular flexibility index (Phi) is 10.4.